The van der Waals surface area contributed by atoms with Gasteiger partial charge < -0.3 is 18.8 Å². The molecule has 0 N–H and O–H groups in total. The Morgan fingerprint density at radius 3 is 2.73 bits per heavy atom. The van der Waals surface area contributed by atoms with Gasteiger partial charge in [-0.05, 0) is 48.2 Å². The van der Waals surface area contributed by atoms with Crippen molar-refractivity contribution in [3.8, 4) is 17.2 Å². The van der Waals surface area contributed by atoms with Gasteiger partial charge in [-0.2, -0.15) is 0 Å². The minimum absolute atomic E-state index is 0.273. The number of thioether (sulfide) groups is 1. The summed E-state index contributed by atoms with van der Waals surface area (Å²) < 4.78 is 19.7. The van der Waals surface area contributed by atoms with Crippen LogP contribution >= 0.6 is 11.8 Å². The van der Waals surface area contributed by atoms with Crippen LogP contribution in [0.15, 0.2) is 47.6 Å². The Hall–Kier alpha value is -2.67. The molecular weight excluding hydrogens is 398 g/mol. The summed E-state index contributed by atoms with van der Waals surface area (Å²) in [6, 6.07) is 14.0. The highest BCUT2D eigenvalue weighted by molar-refractivity contribution is 7.99. The number of rotatable bonds is 7. The molecule has 0 spiro atoms. The van der Waals surface area contributed by atoms with Crippen LogP contribution in [0.5, 0.6) is 17.2 Å². The van der Waals surface area contributed by atoms with Crippen LogP contribution in [-0.4, -0.2) is 33.7 Å². The second-order valence-corrected chi connectivity index (χ2v) is 8.70. The quantitative estimate of drug-likeness (QED) is 0.395. The smallest absolute Gasteiger partial charge is 0.192 e. The summed E-state index contributed by atoms with van der Waals surface area (Å²) in [5.41, 5.74) is 2.63. The molecule has 1 aliphatic rings. The molecule has 4 rings (SSSR count). The molecule has 1 aromatic heterocycles. The average Bonchev–Trinajstić information content (AvgIpc) is 3.11. The van der Waals surface area contributed by atoms with Gasteiger partial charge in [0.05, 0.1) is 6.61 Å². The molecule has 0 radical (unpaired) electrons. The maximum atomic E-state index is 6.05. The lowest BCUT2D eigenvalue weighted by molar-refractivity contribution is 0.0825. The Bertz CT molecular complexity index is 1020. The lowest BCUT2D eigenvalue weighted by atomic mass is 9.98. The maximum Gasteiger partial charge on any atom is 0.192 e. The van der Waals surface area contributed by atoms with Crippen molar-refractivity contribution in [1.82, 2.24) is 14.8 Å². The Morgan fingerprint density at radius 1 is 1.17 bits per heavy atom. The number of hydrogen-bond donors (Lipinski definition) is 0. The second-order valence-electron chi connectivity index (χ2n) is 7.63. The summed E-state index contributed by atoms with van der Waals surface area (Å²) >= 11 is 1.62. The number of hydrogen-bond acceptors (Lipinski definition) is 6. The number of ether oxygens (including phenoxy) is 3. The van der Waals surface area contributed by atoms with Gasteiger partial charge in [0.1, 0.15) is 12.4 Å². The van der Waals surface area contributed by atoms with Crippen molar-refractivity contribution in [3.05, 3.63) is 59.4 Å². The minimum Gasteiger partial charge on any atom is -0.493 e. The first kappa shape index (κ1) is 20.6. The van der Waals surface area contributed by atoms with E-state index in [1.807, 2.05) is 41.9 Å². The fourth-order valence-corrected chi connectivity index (χ4v) is 4.29. The molecule has 1 atom stereocenters. The van der Waals surface area contributed by atoms with Gasteiger partial charge >= 0.3 is 0 Å². The predicted molar refractivity (Wildman–Crippen MR) is 118 cm³/mol. The first-order valence-corrected chi connectivity index (χ1v) is 11.2. The molecule has 6 nitrogen and oxygen atoms in total. The molecule has 1 unspecified atom stereocenters. The van der Waals surface area contributed by atoms with Crippen LogP contribution in [-0.2, 0) is 7.05 Å². The van der Waals surface area contributed by atoms with Gasteiger partial charge in [0.15, 0.2) is 28.6 Å². The highest BCUT2D eigenvalue weighted by atomic mass is 32.2. The molecule has 1 aliphatic heterocycles. The number of benzene rings is 2. The minimum atomic E-state index is -0.273. The Labute approximate surface area is 181 Å². The zero-order valence-corrected chi connectivity index (χ0v) is 18.6. The third kappa shape index (κ3) is 4.41. The predicted octanol–water partition coefficient (Wildman–Crippen LogP) is 4.93. The normalized spacial score (nSPS) is 15.4. The number of aryl methyl sites for hydroxylation is 1. The van der Waals surface area contributed by atoms with E-state index in [9.17, 15) is 0 Å². The Balaban J connectivity index is 1.31. The lowest BCUT2D eigenvalue weighted by Gasteiger charge is -2.25. The molecule has 0 saturated carbocycles. The number of para-hydroxylation sites is 2. The third-order valence-electron chi connectivity index (χ3n) is 5.11. The van der Waals surface area contributed by atoms with E-state index in [1.54, 1.807) is 11.8 Å². The van der Waals surface area contributed by atoms with Crippen molar-refractivity contribution in [2.75, 3.05) is 19.0 Å². The zero-order chi connectivity index (χ0) is 21.1. The van der Waals surface area contributed by atoms with Crippen LogP contribution in [0.25, 0.3) is 0 Å². The van der Waals surface area contributed by atoms with Gasteiger partial charge in [0.2, 0.25) is 0 Å². The molecule has 2 aromatic carbocycles. The highest BCUT2D eigenvalue weighted by Crippen LogP contribution is 2.35. The van der Waals surface area contributed by atoms with Gasteiger partial charge in [-0.25, -0.2) is 0 Å². The van der Waals surface area contributed by atoms with E-state index < -0.39 is 0 Å². The summed E-state index contributed by atoms with van der Waals surface area (Å²) in [6.45, 7) is 7.56. The summed E-state index contributed by atoms with van der Waals surface area (Å²) in [4.78, 5) is 0. The van der Waals surface area contributed by atoms with Crippen molar-refractivity contribution < 1.29 is 14.2 Å². The highest BCUT2D eigenvalue weighted by Gasteiger charge is 2.27. The van der Waals surface area contributed by atoms with E-state index >= 15 is 0 Å². The van der Waals surface area contributed by atoms with Crippen LogP contribution < -0.4 is 14.2 Å². The van der Waals surface area contributed by atoms with E-state index in [1.165, 1.54) is 11.1 Å². The largest absolute Gasteiger partial charge is 0.493 e. The molecule has 0 aliphatic carbocycles. The molecule has 0 fully saturated rings. The first-order chi connectivity index (χ1) is 14.5. The Kier molecular flexibility index (Phi) is 6.18. The summed E-state index contributed by atoms with van der Waals surface area (Å²) in [7, 11) is 1.95. The Morgan fingerprint density at radius 2 is 1.97 bits per heavy atom. The fraction of sp³-hybridized carbons (Fsp3) is 0.391. The number of fused-ring (bicyclic) bond motifs is 1. The van der Waals surface area contributed by atoms with Crippen molar-refractivity contribution in [2.24, 2.45) is 7.05 Å². The molecule has 0 saturated heterocycles. The van der Waals surface area contributed by atoms with Crippen molar-refractivity contribution >= 4 is 11.8 Å². The molecule has 7 heteroatoms. The van der Waals surface area contributed by atoms with Crippen molar-refractivity contribution in [2.45, 2.75) is 37.9 Å². The fourth-order valence-electron chi connectivity index (χ4n) is 3.56. The average molecular weight is 426 g/mol. The van der Waals surface area contributed by atoms with Crippen LogP contribution in [0.4, 0.5) is 0 Å². The maximum absolute atomic E-state index is 6.05. The zero-order valence-electron chi connectivity index (χ0n) is 17.8. The molecule has 2 heterocycles. The number of aromatic nitrogens is 3. The van der Waals surface area contributed by atoms with E-state index in [2.05, 4.69) is 43.1 Å². The van der Waals surface area contributed by atoms with E-state index in [0.29, 0.717) is 19.1 Å². The first-order valence-electron chi connectivity index (χ1n) is 10.2. The summed E-state index contributed by atoms with van der Waals surface area (Å²) in [5.74, 6) is 4.46. The van der Waals surface area contributed by atoms with Crippen LogP contribution in [0.2, 0.25) is 0 Å². The lowest BCUT2D eigenvalue weighted by Crippen LogP contribution is -2.24. The van der Waals surface area contributed by atoms with Crippen LogP contribution in [0.1, 0.15) is 42.8 Å². The summed E-state index contributed by atoms with van der Waals surface area (Å²) in [6.07, 6.45) is -0.273. The van der Waals surface area contributed by atoms with Gasteiger partial charge in [-0.3, -0.25) is 0 Å². The summed E-state index contributed by atoms with van der Waals surface area (Å²) in [5, 5.41) is 9.49. The van der Waals surface area contributed by atoms with E-state index in [4.69, 9.17) is 14.2 Å². The molecule has 30 heavy (non-hydrogen) atoms. The van der Waals surface area contributed by atoms with Gasteiger partial charge in [0, 0.05) is 12.8 Å². The third-order valence-corrected chi connectivity index (χ3v) is 6.10. The second kappa shape index (κ2) is 9.00. The SMILES string of the molecule is Cc1cc(OCCSc2nnc(C3COc4ccccc4O3)n2C)ccc1C(C)C. The van der Waals surface area contributed by atoms with Gasteiger partial charge in [-0.15, -0.1) is 10.2 Å². The number of nitrogens with zero attached hydrogens (tertiary/aromatic N) is 3. The standard InChI is InChI=1S/C23H27N3O3S/c1-15(2)18-10-9-17(13-16(18)3)27-11-12-30-23-25-24-22(26(23)4)21-14-28-19-7-5-6-8-20(19)29-21/h5-10,13,15,21H,11-12,14H2,1-4H3. The molecule has 0 bridgehead atoms. The van der Waals surface area contributed by atoms with Crippen molar-refractivity contribution in [3.63, 3.8) is 0 Å². The molecule has 158 valence electrons. The van der Waals surface area contributed by atoms with Crippen LogP contribution in [0.3, 0.4) is 0 Å². The van der Waals surface area contributed by atoms with Gasteiger partial charge in [0.25, 0.3) is 0 Å². The molecule has 3 aromatic rings. The van der Waals surface area contributed by atoms with Crippen molar-refractivity contribution in [1.29, 1.82) is 0 Å². The molecule has 0 amide bonds. The topological polar surface area (TPSA) is 58.4 Å². The van der Waals surface area contributed by atoms with Gasteiger partial charge in [-0.1, -0.05) is 43.8 Å². The van der Waals surface area contributed by atoms with E-state index in [0.717, 1.165) is 34.0 Å². The van der Waals surface area contributed by atoms with Crippen LogP contribution in [0, 0.1) is 6.92 Å². The monoisotopic (exact) mass is 425 g/mol. The van der Waals surface area contributed by atoms with E-state index in [-0.39, 0.29) is 6.10 Å². The molecular formula is C23H27N3O3S.